The molecule has 1 N–H and O–H groups in total. The number of halogens is 1. The van der Waals surface area contributed by atoms with Crippen LogP contribution in [0.4, 0.5) is 4.39 Å². The topological polar surface area (TPSA) is 72.7 Å². The number of aryl methyl sites for hydroxylation is 1. The van der Waals surface area contributed by atoms with E-state index in [1.807, 2.05) is 40.7 Å². The molecule has 0 bridgehead atoms. The average molecular weight is 302 g/mol. The summed E-state index contributed by atoms with van der Waals surface area (Å²) in [4.78, 5) is 29.3. The molecule has 22 heavy (non-hydrogen) atoms. The van der Waals surface area contributed by atoms with E-state index in [9.17, 15) is 14.0 Å². The van der Waals surface area contributed by atoms with E-state index in [1.165, 1.54) is 0 Å². The van der Waals surface area contributed by atoms with Crippen LogP contribution in [-0.4, -0.2) is 19.1 Å². The number of aromatic nitrogens is 4. The van der Waals surface area contributed by atoms with Crippen molar-refractivity contribution in [3.63, 3.8) is 0 Å². The van der Waals surface area contributed by atoms with E-state index in [0.29, 0.717) is 5.82 Å². The zero-order valence-corrected chi connectivity index (χ0v) is 12.0. The molecule has 0 aliphatic carbocycles. The fourth-order valence-corrected chi connectivity index (χ4v) is 2.47. The number of benzene rings is 1. The van der Waals surface area contributed by atoms with Gasteiger partial charge in [0.05, 0.1) is 23.8 Å². The Labute approximate surface area is 124 Å². The Hall–Kier alpha value is -2.70. The fraction of sp³-hybridized carbons (Fsp3) is 0.267. The SMILES string of the molecule is CCCn1c(Cn2cc(F)c(=O)[nH]c2=O)nc2ccccc21. The van der Waals surface area contributed by atoms with Gasteiger partial charge in [-0.25, -0.2) is 9.78 Å². The second kappa shape index (κ2) is 5.59. The largest absolute Gasteiger partial charge is 0.328 e. The molecular formula is C15H15FN4O2. The molecule has 0 radical (unpaired) electrons. The Morgan fingerprint density at radius 1 is 1.27 bits per heavy atom. The lowest BCUT2D eigenvalue weighted by Crippen LogP contribution is -2.32. The first-order valence-corrected chi connectivity index (χ1v) is 7.03. The minimum absolute atomic E-state index is 0.0984. The van der Waals surface area contributed by atoms with Crippen LogP contribution in [0.25, 0.3) is 11.0 Å². The lowest BCUT2D eigenvalue weighted by atomic mass is 10.3. The van der Waals surface area contributed by atoms with Gasteiger partial charge in [-0.2, -0.15) is 4.39 Å². The maximum absolute atomic E-state index is 13.4. The highest BCUT2D eigenvalue weighted by atomic mass is 19.1. The number of hydrogen-bond acceptors (Lipinski definition) is 3. The third-order valence-electron chi connectivity index (χ3n) is 3.46. The first kappa shape index (κ1) is 14.2. The van der Waals surface area contributed by atoms with Crippen LogP contribution in [0.2, 0.25) is 0 Å². The molecule has 0 saturated heterocycles. The van der Waals surface area contributed by atoms with Gasteiger partial charge in [-0.1, -0.05) is 19.1 Å². The minimum Gasteiger partial charge on any atom is -0.326 e. The van der Waals surface area contributed by atoms with Crippen LogP contribution in [0.15, 0.2) is 40.1 Å². The van der Waals surface area contributed by atoms with Crippen molar-refractivity contribution in [1.82, 2.24) is 19.1 Å². The Morgan fingerprint density at radius 2 is 2.05 bits per heavy atom. The number of H-pyrrole nitrogens is 1. The summed E-state index contributed by atoms with van der Waals surface area (Å²) in [5.41, 5.74) is 0.131. The molecule has 0 unspecified atom stereocenters. The lowest BCUT2D eigenvalue weighted by Gasteiger charge is -2.09. The van der Waals surface area contributed by atoms with Gasteiger partial charge in [0.1, 0.15) is 5.82 Å². The number of fused-ring (bicyclic) bond motifs is 1. The monoisotopic (exact) mass is 302 g/mol. The maximum Gasteiger partial charge on any atom is 0.328 e. The lowest BCUT2D eigenvalue weighted by molar-refractivity contribution is 0.550. The molecule has 0 spiro atoms. The van der Waals surface area contributed by atoms with Gasteiger partial charge in [0, 0.05) is 6.54 Å². The van der Waals surface area contributed by atoms with Gasteiger partial charge in [0.15, 0.2) is 0 Å². The van der Waals surface area contributed by atoms with Crippen molar-refractivity contribution >= 4 is 11.0 Å². The highest BCUT2D eigenvalue weighted by Gasteiger charge is 2.12. The van der Waals surface area contributed by atoms with Crippen molar-refractivity contribution in [3.8, 4) is 0 Å². The summed E-state index contributed by atoms with van der Waals surface area (Å²) in [7, 11) is 0. The molecule has 2 heterocycles. The number of hydrogen-bond donors (Lipinski definition) is 1. The van der Waals surface area contributed by atoms with E-state index in [2.05, 4.69) is 4.98 Å². The average Bonchev–Trinajstić information content (AvgIpc) is 2.83. The molecule has 0 amide bonds. The third kappa shape index (κ3) is 2.45. The molecule has 2 aromatic heterocycles. The third-order valence-corrected chi connectivity index (χ3v) is 3.46. The van der Waals surface area contributed by atoms with Crippen LogP contribution in [0, 0.1) is 5.82 Å². The Balaban J connectivity index is 2.11. The second-order valence-corrected chi connectivity index (χ2v) is 5.03. The van der Waals surface area contributed by atoms with Crippen molar-refractivity contribution < 1.29 is 4.39 Å². The molecule has 3 aromatic rings. The smallest absolute Gasteiger partial charge is 0.326 e. The van der Waals surface area contributed by atoms with E-state index in [4.69, 9.17) is 0 Å². The molecule has 0 aliphatic rings. The summed E-state index contributed by atoms with van der Waals surface area (Å²) < 4.78 is 16.5. The maximum atomic E-state index is 13.4. The fourth-order valence-electron chi connectivity index (χ4n) is 2.47. The van der Waals surface area contributed by atoms with E-state index in [-0.39, 0.29) is 6.54 Å². The number of para-hydroxylation sites is 2. The van der Waals surface area contributed by atoms with E-state index < -0.39 is 17.1 Å². The number of nitrogens with one attached hydrogen (secondary N) is 1. The summed E-state index contributed by atoms with van der Waals surface area (Å²) >= 11 is 0. The molecule has 1 aromatic carbocycles. The first-order chi connectivity index (χ1) is 10.6. The van der Waals surface area contributed by atoms with Crippen LogP contribution in [0.3, 0.4) is 0 Å². The van der Waals surface area contributed by atoms with Gasteiger partial charge in [0.2, 0.25) is 5.82 Å². The van der Waals surface area contributed by atoms with Gasteiger partial charge in [0.25, 0.3) is 5.56 Å². The van der Waals surface area contributed by atoms with Crippen LogP contribution in [-0.2, 0) is 13.1 Å². The highest BCUT2D eigenvalue weighted by Crippen LogP contribution is 2.17. The standard InChI is InChI=1S/C15H15FN4O2/c1-2-7-20-12-6-4-3-5-11(12)17-13(20)9-19-8-10(16)14(21)18-15(19)22/h3-6,8H,2,7,9H2,1H3,(H,18,21,22). The zero-order valence-electron chi connectivity index (χ0n) is 12.0. The van der Waals surface area contributed by atoms with Crippen LogP contribution < -0.4 is 11.2 Å². The van der Waals surface area contributed by atoms with Crippen molar-refractivity contribution in [1.29, 1.82) is 0 Å². The number of imidazole rings is 1. The van der Waals surface area contributed by atoms with E-state index in [0.717, 1.165) is 34.8 Å². The zero-order chi connectivity index (χ0) is 15.7. The number of rotatable bonds is 4. The molecule has 6 nitrogen and oxygen atoms in total. The molecule has 3 rings (SSSR count). The molecular weight excluding hydrogens is 287 g/mol. The van der Waals surface area contributed by atoms with Crippen LogP contribution in [0.1, 0.15) is 19.2 Å². The molecule has 0 aliphatic heterocycles. The van der Waals surface area contributed by atoms with E-state index in [1.54, 1.807) is 0 Å². The van der Waals surface area contributed by atoms with Gasteiger partial charge >= 0.3 is 5.69 Å². The van der Waals surface area contributed by atoms with Crippen LogP contribution >= 0.6 is 0 Å². The Morgan fingerprint density at radius 3 is 2.82 bits per heavy atom. The van der Waals surface area contributed by atoms with Gasteiger partial charge in [-0.15, -0.1) is 0 Å². The summed E-state index contributed by atoms with van der Waals surface area (Å²) in [5, 5.41) is 0. The molecule has 0 saturated carbocycles. The second-order valence-electron chi connectivity index (χ2n) is 5.03. The Kier molecular flexibility index (Phi) is 3.62. The summed E-state index contributed by atoms with van der Waals surface area (Å²) in [5.74, 6) is -0.339. The normalized spacial score (nSPS) is 11.2. The Bertz CT molecular complexity index is 939. The quantitative estimate of drug-likeness (QED) is 0.793. The summed E-state index contributed by atoms with van der Waals surface area (Å²) in [6, 6.07) is 7.66. The summed E-state index contributed by atoms with van der Waals surface area (Å²) in [6.45, 7) is 2.89. The molecule has 0 fully saturated rings. The summed E-state index contributed by atoms with van der Waals surface area (Å²) in [6.07, 6.45) is 1.82. The predicted octanol–water partition coefficient (Wildman–Crippen LogP) is 1.48. The van der Waals surface area contributed by atoms with E-state index >= 15 is 0 Å². The van der Waals surface area contributed by atoms with Crippen molar-refractivity contribution in [3.05, 3.63) is 62.9 Å². The molecule has 114 valence electrons. The highest BCUT2D eigenvalue weighted by molar-refractivity contribution is 5.75. The van der Waals surface area contributed by atoms with Gasteiger partial charge in [-0.3, -0.25) is 14.3 Å². The number of aromatic amines is 1. The van der Waals surface area contributed by atoms with Crippen LogP contribution in [0.5, 0.6) is 0 Å². The van der Waals surface area contributed by atoms with Crippen molar-refractivity contribution in [2.24, 2.45) is 0 Å². The molecule has 7 heteroatoms. The first-order valence-electron chi connectivity index (χ1n) is 7.03. The van der Waals surface area contributed by atoms with Crippen molar-refractivity contribution in [2.45, 2.75) is 26.4 Å². The molecule has 0 atom stereocenters. The van der Waals surface area contributed by atoms with Gasteiger partial charge < -0.3 is 4.57 Å². The number of nitrogens with zero attached hydrogens (tertiary/aromatic N) is 3. The predicted molar refractivity (Wildman–Crippen MR) is 80.4 cm³/mol. The van der Waals surface area contributed by atoms with Crippen molar-refractivity contribution in [2.75, 3.05) is 0 Å². The van der Waals surface area contributed by atoms with Gasteiger partial charge in [-0.05, 0) is 18.6 Å². The minimum atomic E-state index is -1.01.